The van der Waals surface area contributed by atoms with Crippen LogP contribution in [0.3, 0.4) is 0 Å². The zero-order valence-electron chi connectivity index (χ0n) is 14.1. The highest BCUT2D eigenvalue weighted by molar-refractivity contribution is 6.33. The highest BCUT2D eigenvalue weighted by atomic mass is 35.5. The van der Waals surface area contributed by atoms with E-state index in [-0.39, 0.29) is 17.3 Å². The first-order valence-electron chi connectivity index (χ1n) is 8.03. The number of nitrogens with zero attached hydrogens (tertiary/aromatic N) is 2. The average Bonchev–Trinajstić information content (AvgIpc) is 2.64. The molecule has 3 aromatic rings. The Bertz CT molecular complexity index is 1090. The van der Waals surface area contributed by atoms with Crippen LogP contribution in [-0.4, -0.2) is 15.0 Å². The molecule has 0 fully saturated rings. The SMILES string of the molecule is O=C(Cn1c(=O)ccn(Cc2ccccc2)c1=O)Nc1ccc(F)cc1Cl. The number of carbonyl (C=O) groups excluding carboxylic acids is 1. The molecule has 0 unspecified atom stereocenters. The molecule has 0 aliphatic rings. The van der Waals surface area contributed by atoms with Crippen LogP contribution in [0.1, 0.15) is 5.56 Å². The van der Waals surface area contributed by atoms with Gasteiger partial charge in [-0.2, -0.15) is 0 Å². The van der Waals surface area contributed by atoms with Crippen LogP contribution >= 0.6 is 11.6 Å². The van der Waals surface area contributed by atoms with Gasteiger partial charge in [-0.1, -0.05) is 41.9 Å². The van der Waals surface area contributed by atoms with Crippen molar-refractivity contribution in [1.29, 1.82) is 0 Å². The van der Waals surface area contributed by atoms with Crippen molar-refractivity contribution in [3.05, 3.63) is 98.0 Å². The van der Waals surface area contributed by atoms with E-state index in [0.29, 0.717) is 0 Å². The van der Waals surface area contributed by atoms with Gasteiger partial charge in [0.15, 0.2) is 0 Å². The van der Waals surface area contributed by atoms with Crippen LogP contribution in [0.2, 0.25) is 5.02 Å². The van der Waals surface area contributed by atoms with E-state index < -0.39 is 29.5 Å². The fourth-order valence-electron chi connectivity index (χ4n) is 2.53. The highest BCUT2D eigenvalue weighted by Crippen LogP contribution is 2.22. The molecule has 1 N–H and O–H groups in total. The van der Waals surface area contributed by atoms with Gasteiger partial charge in [0.2, 0.25) is 5.91 Å². The number of anilines is 1. The summed E-state index contributed by atoms with van der Waals surface area (Å²) in [5, 5.41) is 2.48. The first kappa shape index (κ1) is 18.6. The summed E-state index contributed by atoms with van der Waals surface area (Å²) in [6.07, 6.45) is 1.39. The Kier molecular flexibility index (Phi) is 5.52. The molecule has 0 saturated heterocycles. The van der Waals surface area contributed by atoms with Crippen LogP contribution in [-0.2, 0) is 17.9 Å². The van der Waals surface area contributed by atoms with Crippen LogP contribution in [0.4, 0.5) is 10.1 Å². The molecule has 0 radical (unpaired) electrons. The first-order chi connectivity index (χ1) is 12.9. The molecule has 1 heterocycles. The fourth-order valence-corrected chi connectivity index (χ4v) is 2.74. The van der Waals surface area contributed by atoms with Crippen molar-refractivity contribution in [2.45, 2.75) is 13.1 Å². The van der Waals surface area contributed by atoms with E-state index in [4.69, 9.17) is 11.6 Å². The van der Waals surface area contributed by atoms with Crippen molar-refractivity contribution < 1.29 is 9.18 Å². The number of benzene rings is 2. The second-order valence-electron chi connectivity index (χ2n) is 5.81. The molecule has 3 rings (SSSR count). The number of hydrogen-bond acceptors (Lipinski definition) is 3. The lowest BCUT2D eigenvalue weighted by Gasteiger charge is -2.11. The molecule has 0 spiro atoms. The molecule has 0 saturated carbocycles. The summed E-state index contributed by atoms with van der Waals surface area (Å²) >= 11 is 5.87. The molecule has 0 aliphatic carbocycles. The van der Waals surface area contributed by atoms with Gasteiger partial charge in [0.25, 0.3) is 5.56 Å². The quantitative estimate of drug-likeness (QED) is 0.731. The van der Waals surface area contributed by atoms with Gasteiger partial charge in [-0.05, 0) is 23.8 Å². The molecule has 1 aromatic heterocycles. The monoisotopic (exact) mass is 387 g/mol. The average molecular weight is 388 g/mol. The van der Waals surface area contributed by atoms with Gasteiger partial charge in [0.05, 0.1) is 17.3 Å². The number of nitrogens with one attached hydrogen (secondary N) is 1. The zero-order chi connectivity index (χ0) is 19.4. The molecule has 138 valence electrons. The first-order valence-corrected chi connectivity index (χ1v) is 8.41. The number of hydrogen-bond donors (Lipinski definition) is 1. The number of aromatic nitrogens is 2. The van der Waals surface area contributed by atoms with Crippen LogP contribution < -0.4 is 16.6 Å². The van der Waals surface area contributed by atoms with Crippen LogP contribution in [0.15, 0.2) is 70.4 Å². The minimum atomic E-state index is -0.625. The lowest BCUT2D eigenvalue weighted by molar-refractivity contribution is -0.116. The molecule has 27 heavy (non-hydrogen) atoms. The largest absolute Gasteiger partial charge is 0.331 e. The number of halogens is 2. The second-order valence-corrected chi connectivity index (χ2v) is 6.22. The third-order valence-corrected chi connectivity index (χ3v) is 4.16. The van der Waals surface area contributed by atoms with E-state index in [1.165, 1.54) is 22.9 Å². The molecular formula is C19H15ClFN3O3. The standard InChI is InChI=1S/C19H15ClFN3O3/c20-15-10-14(21)6-7-16(15)22-17(25)12-24-18(26)8-9-23(19(24)27)11-13-4-2-1-3-5-13/h1-10H,11-12H2,(H,22,25). The van der Waals surface area contributed by atoms with Crippen LogP contribution in [0, 0.1) is 5.82 Å². The summed E-state index contributed by atoms with van der Waals surface area (Å²) in [5.74, 6) is -1.17. The Labute approximate surface area is 158 Å². The second kappa shape index (κ2) is 8.01. The predicted molar refractivity (Wildman–Crippen MR) is 101 cm³/mol. The Morgan fingerprint density at radius 1 is 1.07 bits per heavy atom. The van der Waals surface area contributed by atoms with Gasteiger partial charge in [0, 0.05) is 12.3 Å². The van der Waals surface area contributed by atoms with Gasteiger partial charge in [-0.25, -0.2) is 9.18 Å². The van der Waals surface area contributed by atoms with E-state index in [9.17, 15) is 18.8 Å². The predicted octanol–water partition coefficient (Wildman–Crippen LogP) is 2.49. The minimum absolute atomic E-state index is 0.0187. The minimum Gasteiger partial charge on any atom is -0.323 e. The lowest BCUT2D eigenvalue weighted by atomic mass is 10.2. The Morgan fingerprint density at radius 2 is 1.81 bits per heavy atom. The molecule has 0 aliphatic heterocycles. The molecular weight excluding hydrogens is 373 g/mol. The van der Waals surface area contributed by atoms with Gasteiger partial charge < -0.3 is 5.32 Å². The smallest absolute Gasteiger partial charge is 0.323 e. The normalized spacial score (nSPS) is 10.6. The summed E-state index contributed by atoms with van der Waals surface area (Å²) in [5.41, 5.74) is -0.125. The molecule has 6 nitrogen and oxygen atoms in total. The van der Waals surface area contributed by atoms with Crippen LogP contribution in [0.25, 0.3) is 0 Å². The summed E-state index contributed by atoms with van der Waals surface area (Å²) in [4.78, 5) is 36.8. The van der Waals surface area contributed by atoms with E-state index in [1.807, 2.05) is 30.3 Å². The van der Waals surface area contributed by atoms with Crippen molar-refractivity contribution in [2.75, 3.05) is 5.32 Å². The van der Waals surface area contributed by atoms with Crippen molar-refractivity contribution >= 4 is 23.2 Å². The van der Waals surface area contributed by atoms with Crippen molar-refractivity contribution in [3.8, 4) is 0 Å². The molecule has 0 atom stereocenters. The topological polar surface area (TPSA) is 73.1 Å². The maximum absolute atomic E-state index is 13.1. The summed E-state index contributed by atoms with van der Waals surface area (Å²) < 4.78 is 15.2. The molecule has 0 bridgehead atoms. The van der Waals surface area contributed by atoms with Crippen LogP contribution in [0.5, 0.6) is 0 Å². The third-order valence-electron chi connectivity index (χ3n) is 3.84. The van der Waals surface area contributed by atoms with E-state index in [0.717, 1.165) is 22.3 Å². The lowest BCUT2D eigenvalue weighted by Crippen LogP contribution is -2.41. The number of rotatable bonds is 5. The van der Waals surface area contributed by atoms with E-state index >= 15 is 0 Å². The number of amides is 1. The summed E-state index contributed by atoms with van der Waals surface area (Å²) in [7, 11) is 0. The van der Waals surface area contributed by atoms with Gasteiger partial charge in [-0.15, -0.1) is 0 Å². The van der Waals surface area contributed by atoms with Gasteiger partial charge >= 0.3 is 5.69 Å². The van der Waals surface area contributed by atoms with E-state index in [2.05, 4.69) is 5.32 Å². The van der Waals surface area contributed by atoms with Crippen molar-refractivity contribution in [3.63, 3.8) is 0 Å². The van der Waals surface area contributed by atoms with Gasteiger partial charge in [-0.3, -0.25) is 18.7 Å². The van der Waals surface area contributed by atoms with Gasteiger partial charge in [0.1, 0.15) is 12.4 Å². The van der Waals surface area contributed by atoms with Crippen molar-refractivity contribution in [1.82, 2.24) is 9.13 Å². The Hall–Kier alpha value is -3.19. The van der Waals surface area contributed by atoms with Crippen molar-refractivity contribution in [2.24, 2.45) is 0 Å². The summed E-state index contributed by atoms with van der Waals surface area (Å²) in [6, 6.07) is 14.0. The fraction of sp³-hybridized carbons (Fsp3) is 0.105. The van der Waals surface area contributed by atoms with E-state index in [1.54, 1.807) is 0 Å². The summed E-state index contributed by atoms with van der Waals surface area (Å²) in [6.45, 7) is -0.216. The molecule has 8 heteroatoms. The maximum Gasteiger partial charge on any atom is 0.331 e. The zero-order valence-corrected chi connectivity index (χ0v) is 14.8. The number of carbonyl (C=O) groups is 1. The molecule has 1 amide bonds. The highest BCUT2D eigenvalue weighted by Gasteiger charge is 2.12. The maximum atomic E-state index is 13.1. The molecule has 2 aromatic carbocycles. The Morgan fingerprint density at radius 3 is 2.52 bits per heavy atom. The Balaban J connectivity index is 1.81. The third kappa shape index (κ3) is 4.51.